The zero-order valence-corrected chi connectivity index (χ0v) is 13.1. The van der Waals surface area contributed by atoms with Gasteiger partial charge in [-0.15, -0.1) is 0 Å². The monoisotopic (exact) mass is 282 g/mol. The fourth-order valence-corrected chi connectivity index (χ4v) is 4.25. The fraction of sp³-hybridized carbons (Fsp3) is 1.00. The summed E-state index contributed by atoms with van der Waals surface area (Å²) in [6.45, 7) is 7.36. The molecule has 4 nitrogen and oxygen atoms in total. The first-order chi connectivity index (χ1) is 9.76. The van der Waals surface area contributed by atoms with E-state index in [0.29, 0.717) is 18.1 Å². The number of morpholine rings is 1. The van der Waals surface area contributed by atoms with Crippen LogP contribution >= 0.6 is 0 Å². The SMILES string of the molecule is CCN1CCOC(C(NC)C2CCOC3(CCC3)C2)C1. The summed E-state index contributed by atoms with van der Waals surface area (Å²) >= 11 is 0. The Kier molecular flexibility index (Phi) is 4.65. The van der Waals surface area contributed by atoms with E-state index in [1.54, 1.807) is 0 Å². The molecule has 116 valence electrons. The van der Waals surface area contributed by atoms with Crippen LogP contribution in [0.2, 0.25) is 0 Å². The number of nitrogens with one attached hydrogen (secondary N) is 1. The lowest BCUT2D eigenvalue weighted by atomic mass is 9.69. The van der Waals surface area contributed by atoms with Crippen LogP contribution in [-0.4, -0.2) is 62.5 Å². The zero-order chi connectivity index (χ0) is 14.0. The van der Waals surface area contributed by atoms with Gasteiger partial charge < -0.3 is 14.8 Å². The van der Waals surface area contributed by atoms with Crippen LogP contribution in [0.25, 0.3) is 0 Å². The molecule has 4 heteroatoms. The Morgan fingerprint density at radius 2 is 2.20 bits per heavy atom. The lowest BCUT2D eigenvalue weighted by molar-refractivity contribution is -0.156. The van der Waals surface area contributed by atoms with Gasteiger partial charge in [0, 0.05) is 25.7 Å². The average molecular weight is 282 g/mol. The summed E-state index contributed by atoms with van der Waals surface area (Å²) in [7, 11) is 2.10. The third-order valence-corrected chi connectivity index (χ3v) is 5.66. The van der Waals surface area contributed by atoms with E-state index in [4.69, 9.17) is 9.47 Å². The summed E-state index contributed by atoms with van der Waals surface area (Å²) in [6.07, 6.45) is 6.64. The molecule has 20 heavy (non-hydrogen) atoms. The van der Waals surface area contributed by atoms with Gasteiger partial charge in [0.15, 0.2) is 0 Å². The van der Waals surface area contributed by atoms with Crippen LogP contribution in [0.1, 0.15) is 39.0 Å². The van der Waals surface area contributed by atoms with Crippen molar-refractivity contribution in [1.29, 1.82) is 0 Å². The van der Waals surface area contributed by atoms with Crippen LogP contribution in [0.5, 0.6) is 0 Å². The number of ether oxygens (including phenoxy) is 2. The van der Waals surface area contributed by atoms with Crippen molar-refractivity contribution < 1.29 is 9.47 Å². The van der Waals surface area contributed by atoms with Gasteiger partial charge in [-0.2, -0.15) is 0 Å². The van der Waals surface area contributed by atoms with Crippen LogP contribution in [-0.2, 0) is 9.47 Å². The second kappa shape index (κ2) is 6.30. The first-order valence-electron chi connectivity index (χ1n) is 8.41. The Labute approximate surface area is 123 Å². The summed E-state index contributed by atoms with van der Waals surface area (Å²) in [4.78, 5) is 2.51. The van der Waals surface area contributed by atoms with Gasteiger partial charge in [-0.3, -0.25) is 4.90 Å². The molecule has 1 spiro atoms. The maximum absolute atomic E-state index is 6.09. The summed E-state index contributed by atoms with van der Waals surface area (Å²) < 4.78 is 12.2. The van der Waals surface area contributed by atoms with Crippen molar-refractivity contribution >= 4 is 0 Å². The first-order valence-corrected chi connectivity index (χ1v) is 8.41. The maximum atomic E-state index is 6.09. The topological polar surface area (TPSA) is 33.7 Å². The Hall–Kier alpha value is -0.160. The first kappa shape index (κ1) is 14.8. The molecule has 2 aliphatic heterocycles. The molecule has 3 fully saturated rings. The maximum Gasteiger partial charge on any atom is 0.0857 e. The third-order valence-electron chi connectivity index (χ3n) is 5.66. The standard InChI is InChI=1S/C16H30N2O2/c1-3-18-8-10-19-14(12-18)15(17-2)13-5-9-20-16(11-13)6-4-7-16/h13-15,17H,3-12H2,1-2H3. The summed E-state index contributed by atoms with van der Waals surface area (Å²) in [5.41, 5.74) is 0.233. The minimum atomic E-state index is 0.233. The van der Waals surface area contributed by atoms with E-state index < -0.39 is 0 Å². The summed E-state index contributed by atoms with van der Waals surface area (Å²) in [6, 6.07) is 0.478. The highest BCUT2D eigenvalue weighted by molar-refractivity contribution is 4.98. The fourth-order valence-electron chi connectivity index (χ4n) is 4.25. The summed E-state index contributed by atoms with van der Waals surface area (Å²) in [5, 5.41) is 3.56. The molecule has 1 saturated carbocycles. The predicted molar refractivity (Wildman–Crippen MR) is 80.0 cm³/mol. The Morgan fingerprint density at radius 1 is 1.35 bits per heavy atom. The van der Waals surface area contributed by atoms with Crippen LogP contribution in [0.15, 0.2) is 0 Å². The molecule has 3 atom stereocenters. The molecule has 2 saturated heterocycles. The lowest BCUT2D eigenvalue weighted by Gasteiger charge is -2.50. The Morgan fingerprint density at radius 3 is 2.85 bits per heavy atom. The molecule has 0 aromatic rings. The van der Waals surface area contributed by atoms with Crippen LogP contribution in [0.3, 0.4) is 0 Å². The minimum absolute atomic E-state index is 0.233. The van der Waals surface area contributed by atoms with E-state index in [1.807, 2.05) is 0 Å². The normalized spacial score (nSPS) is 35.7. The molecule has 3 unspecified atom stereocenters. The van der Waals surface area contributed by atoms with Crippen LogP contribution in [0, 0.1) is 5.92 Å². The highest BCUT2D eigenvalue weighted by atomic mass is 16.5. The molecule has 1 aliphatic carbocycles. The molecule has 0 bridgehead atoms. The Balaban J connectivity index is 1.63. The molecule has 1 N–H and O–H groups in total. The number of hydrogen-bond donors (Lipinski definition) is 1. The van der Waals surface area contributed by atoms with E-state index in [-0.39, 0.29) is 5.60 Å². The lowest BCUT2D eigenvalue weighted by Crippen LogP contribution is -2.57. The molecular formula is C16H30N2O2. The van der Waals surface area contributed by atoms with Crippen molar-refractivity contribution in [3.63, 3.8) is 0 Å². The molecule has 3 aliphatic rings. The van der Waals surface area contributed by atoms with Crippen LogP contribution < -0.4 is 5.32 Å². The molecule has 2 heterocycles. The van der Waals surface area contributed by atoms with Crippen molar-refractivity contribution in [1.82, 2.24) is 10.2 Å². The van der Waals surface area contributed by atoms with E-state index in [9.17, 15) is 0 Å². The van der Waals surface area contributed by atoms with Gasteiger partial charge in [0.1, 0.15) is 0 Å². The van der Waals surface area contributed by atoms with E-state index in [1.165, 1.54) is 32.1 Å². The quantitative estimate of drug-likeness (QED) is 0.850. The molecule has 3 rings (SSSR count). The number of likely N-dealkylation sites (N-methyl/N-ethyl adjacent to an activating group) is 2. The van der Waals surface area contributed by atoms with Gasteiger partial charge in [-0.1, -0.05) is 6.92 Å². The van der Waals surface area contributed by atoms with Gasteiger partial charge in [0.25, 0.3) is 0 Å². The molecule has 0 aromatic carbocycles. The van der Waals surface area contributed by atoms with E-state index in [2.05, 4.69) is 24.2 Å². The largest absolute Gasteiger partial charge is 0.375 e. The van der Waals surface area contributed by atoms with Gasteiger partial charge >= 0.3 is 0 Å². The smallest absolute Gasteiger partial charge is 0.0857 e. The number of rotatable bonds is 4. The van der Waals surface area contributed by atoms with Crippen molar-refractivity contribution in [3.8, 4) is 0 Å². The molecule has 0 amide bonds. The number of nitrogens with zero attached hydrogens (tertiary/aromatic N) is 1. The third kappa shape index (κ3) is 2.89. The number of hydrogen-bond acceptors (Lipinski definition) is 4. The van der Waals surface area contributed by atoms with Crippen molar-refractivity contribution in [2.75, 3.05) is 39.9 Å². The highest BCUT2D eigenvalue weighted by Gasteiger charge is 2.45. The van der Waals surface area contributed by atoms with E-state index >= 15 is 0 Å². The molecule has 0 aromatic heterocycles. The van der Waals surface area contributed by atoms with Crippen LogP contribution in [0.4, 0.5) is 0 Å². The Bertz CT molecular complexity index is 320. The zero-order valence-electron chi connectivity index (χ0n) is 13.1. The molecular weight excluding hydrogens is 252 g/mol. The summed E-state index contributed by atoms with van der Waals surface area (Å²) in [5.74, 6) is 0.704. The molecule has 0 radical (unpaired) electrons. The van der Waals surface area contributed by atoms with Crippen molar-refractivity contribution in [3.05, 3.63) is 0 Å². The van der Waals surface area contributed by atoms with Gasteiger partial charge in [0.05, 0.1) is 18.3 Å². The highest BCUT2D eigenvalue weighted by Crippen LogP contribution is 2.45. The average Bonchev–Trinajstić information content (AvgIpc) is 2.47. The van der Waals surface area contributed by atoms with E-state index in [0.717, 1.165) is 32.8 Å². The second-order valence-corrected chi connectivity index (χ2v) is 6.75. The van der Waals surface area contributed by atoms with Crippen molar-refractivity contribution in [2.24, 2.45) is 5.92 Å². The minimum Gasteiger partial charge on any atom is -0.375 e. The van der Waals surface area contributed by atoms with Crippen molar-refractivity contribution in [2.45, 2.75) is 56.8 Å². The van der Waals surface area contributed by atoms with Gasteiger partial charge in [-0.05, 0) is 51.6 Å². The van der Waals surface area contributed by atoms with Gasteiger partial charge in [-0.25, -0.2) is 0 Å². The predicted octanol–water partition coefficient (Wildman–Crippen LogP) is 1.64. The second-order valence-electron chi connectivity index (χ2n) is 6.75. The van der Waals surface area contributed by atoms with Gasteiger partial charge in [0.2, 0.25) is 0 Å².